The highest BCUT2D eigenvalue weighted by atomic mass is 16.5. The van der Waals surface area contributed by atoms with Crippen LogP contribution in [-0.4, -0.2) is 25.2 Å². The second kappa shape index (κ2) is 6.65. The minimum atomic E-state index is 0.532. The van der Waals surface area contributed by atoms with Crippen LogP contribution in [0, 0.1) is 11.3 Å². The zero-order valence-electron chi connectivity index (χ0n) is 13.0. The van der Waals surface area contributed by atoms with Crippen LogP contribution in [0.3, 0.4) is 0 Å². The Labute approximate surface area is 131 Å². The number of rotatable bonds is 4. The zero-order valence-corrected chi connectivity index (χ0v) is 13.0. The van der Waals surface area contributed by atoms with Gasteiger partial charge < -0.3 is 9.64 Å². The maximum absolute atomic E-state index is 8.91. The molecule has 4 heteroatoms. The van der Waals surface area contributed by atoms with Crippen LogP contribution in [0.1, 0.15) is 31.2 Å². The van der Waals surface area contributed by atoms with Gasteiger partial charge in [-0.05, 0) is 49.4 Å². The van der Waals surface area contributed by atoms with Gasteiger partial charge in [0.1, 0.15) is 11.6 Å². The Morgan fingerprint density at radius 3 is 2.77 bits per heavy atom. The van der Waals surface area contributed by atoms with Gasteiger partial charge in [0.05, 0.1) is 18.7 Å². The van der Waals surface area contributed by atoms with Crippen molar-refractivity contribution in [2.75, 3.05) is 25.1 Å². The Morgan fingerprint density at radius 1 is 1.23 bits per heavy atom. The van der Waals surface area contributed by atoms with E-state index < -0.39 is 0 Å². The highest BCUT2D eigenvalue weighted by Crippen LogP contribution is 2.29. The predicted octanol–water partition coefficient (Wildman–Crippen LogP) is 3.69. The van der Waals surface area contributed by atoms with Crippen LogP contribution >= 0.6 is 0 Å². The number of fused-ring (bicyclic) bond motifs is 1. The lowest BCUT2D eigenvalue weighted by atomic mass is 10.0. The number of aromatic nitrogens is 1. The summed E-state index contributed by atoms with van der Waals surface area (Å²) in [6, 6.07) is 10.4. The molecule has 114 valence electrons. The molecule has 3 rings (SSSR count). The summed E-state index contributed by atoms with van der Waals surface area (Å²) in [5.41, 5.74) is 2.14. The molecule has 1 aliphatic heterocycles. The maximum atomic E-state index is 8.91. The smallest absolute Gasteiger partial charge is 0.132 e. The molecule has 0 aliphatic carbocycles. The van der Waals surface area contributed by atoms with E-state index in [9.17, 15) is 0 Å². The standard InChI is InChI=1S/C18H21N3O/c1-22-16-8-7-14-12-15(6-5-9-19)18(20-17(14)13-16)21-10-3-2-4-11-21/h7-8,12-13H,2-6,10-11H2,1H3. The van der Waals surface area contributed by atoms with Gasteiger partial charge in [-0.25, -0.2) is 4.98 Å². The number of hydrogen-bond donors (Lipinski definition) is 0. The molecule has 1 aromatic heterocycles. The first kappa shape index (κ1) is 14.6. The Balaban J connectivity index is 2.05. The van der Waals surface area contributed by atoms with E-state index in [0.29, 0.717) is 6.42 Å². The van der Waals surface area contributed by atoms with Crippen LogP contribution in [0.5, 0.6) is 5.75 Å². The third kappa shape index (κ3) is 2.99. The van der Waals surface area contributed by atoms with E-state index in [2.05, 4.69) is 17.0 Å². The van der Waals surface area contributed by atoms with E-state index in [1.54, 1.807) is 7.11 Å². The van der Waals surface area contributed by atoms with Crippen molar-refractivity contribution in [1.29, 1.82) is 5.26 Å². The predicted molar refractivity (Wildman–Crippen MR) is 88.3 cm³/mol. The van der Waals surface area contributed by atoms with Crippen molar-refractivity contribution in [1.82, 2.24) is 4.98 Å². The second-order valence-electron chi connectivity index (χ2n) is 5.74. The number of ether oxygens (including phenoxy) is 1. The Bertz CT molecular complexity index is 699. The minimum Gasteiger partial charge on any atom is -0.497 e. The first-order valence-corrected chi connectivity index (χ1v) is 7.91. The first-order chi connectivity index (χ1) is 10.8. The average Bonchev–Trinajstić information content (AvgIpc) is 2.59. The van der Waals surface area contributed by atoms with Crippen LogP contribution < -0.4 is 9.64 Å². The quantitative estimate of drug-likeness (QED) is 0.863. The number of piperidine rings is 1. The molecule has 4 nitrogen and oxygen atoms in total. The summed E-state index contributed by atoms with van der Waals surface area (Å²) in [6.07, 6.45) is 5.03. The molecule has 0 N–H and O–H groups in total. The molecule has 0 radical (unpaired) electrons. The van der Waals surface area contributed by atoms with Gasteiger partial charge in [0.2, 0.25) is 0 Å². The molecule has 0 amide bonds. The minimum absolute atomic E-state index is 0.532. The topological polar surface area (TPSA) is 49.1 Å². The molecule has 1 saturated heterocycles. The number of methoxy groups -OCH3 is 1. The SMILES string of the molecule is COc1ccc2cc(CCC#N)c(N3CCCCC3)nc2c1. The fourth-order valence-electron chi connectivity index (χ4n) is 3.06. The lowest BCUT2D eigenvalue weighted by Gasteiger charge is -2.29. The normalized spacial score (nSPS) is 14.8. The van der Waals surface area contributed by atoms with Crippen molar-refractivity contribution in [2.45, 2.75) is 32.1 Å². The van der Waals surface area contributed by atoms with E-state index in [-0.39, 0.29) is 0 Å². The van der Waals surface area contributed by atoms with Crippen LogP contribution in [0.4, 0.5) is 5.82 Å². The van der Waals surface area contributed by atoms with Gasteiger partial charge in [-0.15, -0.1) is 0 Å². The number of pyridine rings is 1. The van der Waals surface area contributed by atoms with Crippen LogP contribution in [0.25, 0.3) is 10.9 Å². The van der Waals surface area contributed by atoms with Gasteiger partial charge in [-0.3, -0.25) is 0 Å². The van der Waals surface area contributed by atoms with Crippen molar-refractivity contribution in [3.05, 3.63) is 29.8 Å². The second-order valence-corrected chi connectivity index (χ2v) is 5.74. The van der Waals surface area contributed by atoms with Crippen LogP contribution in [-0.2, 0) is 6.42 Å². The molecule has 1 aromatic carbocycles. The highest BCUT2D eigenvalue weighted by Gasteiger charge is 2.17. The van der Waals surface area contributed by atoms with Gasteiger partial charge >= 0.3 is 0 Å². The van der Waals surface area contributed by atoms with Crippen molar-refractivity contribution in [3.8, 4) is 11.8 Å². The number of hydrogen-bond acceptors (Lipinski definition) is 4. The summed E-state index contributed by atoms with van der Waals surface area (Å²) >= 11 is 0. The Morgan fingerprint density at radius 2 is 2.05 bits per heavy atom. The summed E-state index contributed by atoms with van der Waals surface area (Å²) in [5, 5.41) is 10.0. The monoisotopic (exact) mass is 295 g/mol. The van der Waals surface area contributed by atoms with Crippen LogP contribution in [0.15, 0.2) is 24.3 Å². The number of anilines is 1. The highest BCUT2D eigenvalue weighted by molar-refractivity contribution is 5.83. The van der Waals surface area contributed by atoms with Crippen molar-refractivity contribution in [2.24, 2.45) is 0 Å². The van der Waals surface area contributed by atoms with Gasteiger partial charge in [-0.2, -0.15) is 5.26 Å². The molecule has 2 heterocycles. The first-order valence-electron chi connectivity index (χ1n) is 7.91. The summed E-state index contributed by atoms with van der Waals surface area (Å²) in [6.45, 7) is 2.12. The van der Waals surface area contributed by atoms with Gasteiger partial charge in [0, 0.05) is 31.0 Å². The number of nitriles is 1. The van der Waals surface area contributed by atoms with Crippen molar-refractivity contribution >= 4 is 16.7 Å². The Hall–Kier alpha value is -2.28. The lowest BCUT2D eigenvalue weighted by molar-refractivity contribution is 0.415. The molecule has 1 fully saturated rings. The van der Waals surface area contributed by atoms with E-state index >= 15 is 0 Å². The van der Waals surface area contributed by atoms with E-state index in [0.717, 1.165) is 42.0 Å². The number of benzene rings is 1. The molecule has 22 heavy (non-hydrogen) atoms. The summed E-state index contributed by atoms with van der Waals surface area (Å²) < 4.78 is 5.31. The van der Waals surface area contributed by atoms with Gasteiger partial charge in [0.15, 0.2) is 0 Å². The van der Waals surface area contributed by atoms with Gasteiger partial charge in [0.25, 0.3) is 0 Å². The molecule has 0 bridgehead atoms. The fourth-order valence-corrected chi connectivity index (χ4v) is 3.06. The molecule has 0 atom stereocenters. The van der Waals surface area contributed by atoms with E-state index in [1.165, 1.54) is 24.8 Å². The summed E-state index contributed by atoms with van der Waals surface area (Å²) in [5.74, 6) is 1.88. The molecule has 0 spiro atoms. The van der Waals surface area contributed by atoms with Crippen molar-refractivity contribution in [3.63, 3.8) is 0 Å². The average molecular weight is 295 g/mol. The Kier molecular flexibility index (Phi) is 4.43. The molecule has 1 aliphatic rings. The maximum Gasteiger partial charge on any atom is 0.132 e. The van der Waals surface area contributed by atoms with Gasteiger partial charge in [-0.1, -0.05) is 0 Å². The third-order valence-corrected chi connectivity index (χ3v) is 4.24. The molecule has 0 saturated carbocycles. The zero-order chi connectivity index (χ0) is 15.4. The third-order valence-electron chi connectivity index (χ3n) is 4.24. The fraction of sp³-hybridized carbons (Fsp3) is 0.444. The number of aryl methyl sites for hydroxylation is 1. The summed E-state index contributed by atoms with van der Waals surface area (Å²) in [7, 11) is 1.67. The molecular formula is C18H21N3O. The largest absolute Gasteiger partial charge is 0.497 e. The lowest BCUT2D eigenvalue weighted by Crippen LogP contribution is -2.31. The van der Waals surface area contributed by atoms with E-state index in [1.807, 2.05) is 18.2 Å². The summed E-state index contributed by atoms with van der Waals surface area (Å²) in [4.78, 5) is 7.27. The molecular weight excluding hydrogens is 274 g/mol. The molecule has 0 unspecified atom stereocenters. The molecule has 2 aromatic rings. The van der Waals surface area contributed by atoms with Crippen molar-refractivity contribution < 1.29 is 4.74 Å². The van der Waals surface area contributed by atoms with Crippen LogP contribution in [0.2, 0.25) is 0 Å². The number of nitrogens with zero attached hydrogens (tertiary/aromatic N) is 3. The van der Waals surface area contributed by atoms with E-state index in [4.69, 9.17) is 15.0 Å².